The lowest BCUT2D eigenvalue weighted by molar-refractivity contribution is -0.129. The summed E-state index contributed by atoms with van der Waals surface area (Å²) in [6.45, 7) is 3.36. The Morgan fingerprint density at radius 2 is 1.93 bits per heavy atom. The molecule has 0 bridgehead atoms. The van der Waals surface area contributed by atoms with E-state index in [-0.39, 0.29) is 5.76 Å². The maximum Gasteiger partial charge on any atom is 0.339 e. The van der Waals surface area contributed by atoms with Crippen LogP contribution in [-0.4, -0.2) is 11.1 Å². The van der Waals surface area contributed by atoms with Crippen LogP contribution in [0.15, 0.2) is 36.1 Å². The lowest BCUT2D eigenvalue weighted by Gasteiger charge is -2.01. The van der Waals surface area contributed by atoms with Crippen LogP contribution in [0.2, 0.25) is 0 Å². The van der Waals surface area contributed by atoms with Crippen LogP contribution in [0.25, 0.3) is 0 Å². The van der Waals surface area contributed by atoms with Gasteiger partial charge in [0, 0.05) is 0 Å². The van der Waals surface area contributed by atoms with E-state index in [1.165, 1.54) is 6.92 Å². The summed E-state index contributed by atoms with van der Waals surface area (Å²) in [7, 11) is 0. The SMILES string of the molecule is C/C(O)=C/C(=O)Oc1ccc(C)cc1. The number of esters is 1. The normalized spacial score (nSPS) is 11.1. The van der Waals surface area contributed by atoms with E-state index in [2.05, 4.69) is 0 Å². The summed E-state index contributed by atoms with van der Waals surface area (Å²) in [5, 5.41) is 8.81. The highest BCUT2D eigenvalue weighted by molar-refractivity contribution is 5.84. The number of hydrogen-bond acceptors (Lipinski definition) is 3. The zero-order valence-corrected chi connectivity index (χ0v) is 8.15. The summed E-state index contributed by atoms with van der Waals surface area (Å²) in [4.78, 5) is 11.0. The van der Waals surface area contributed by atoms with Crippen LogP contribution in [-0.2, 0) is 4.79 Å². The van der Waals surface area contributed by atoms with Gasteiger partial charge in [0.05, 0.1) is 11.8 Å². The van der Waals surface area contributed by atoms with Crippen LogP contribution in [0.1, 0.15) is 12.5 Å². The Morgan fingerprint density at radius 1 is 1.36 bits per heavy atom. The molecule has 1 aromatic carbocycles. The van der Waals surface area contributed by atoms with Crippen LogP contribution in [0, 0.1) is 6.92 Å². The molecule has 1 aromatic rings. The minimum Gasteiger partial charge on any atom is -0.512 e. The first-order chi connectivity index (χ1) is 6.58. The molecule has 0 aliphatic carbocycles. The third kappa shape index (κ3) is 3.31. The standard InChI is InChI=1S/C11H12O3/c1-8-3-5-10(6-4-8)14-11(13)7-9(2)12/h3-7,12H,1-2H3/b9-7-. The second-order valence-corrected chi connectivity index (χ2v) is 3.02. The molecule has 0 heterocycles. The van der Waals surface area contributed by atoms with Crippen LogP contribution in [0.5, 0.6) is 5.75 Å². The predicted molar refractivity (Wildman–Crippen MR) is 53.2 cm³/mol. The number of aliphatic hydroxyl groups excluding tert-OH is 1. The molecule has 0 unspecified atom stereocenters. The molecule has 0 saturated carbocycles. The molecular formula is C11H12O3. The molecule has 0 saturated heterocycles. The highest BCUT2D eigenvalue weighted by Gasteiger charge is 2.00. The lowest BCUT2D eigenvalue weighted by atomic mass is 10.2. The molecule has 0 fully saturated rings. The van der Waals surface area contributed by atoms with Gasteiger partial charge in [0.15, 0.2) is 0 Å². The van der Waals surface area contributed by atoms with Gasteiger partial charge in [0.1, 0.15) is 5.75 Å². The van der Waals surface area contributed by atoms with Gasteiger partial charge >= 0.3 is 5.97 Å². The molecule has 74 valence electrons. The minimum absolute atomic E-state index is 0.0675. The Kier molecular flexibility index (Phi) is 3.29. The van der Waals surface area contributed by atoms with Crippen molar-refractivity contribution in [3.63, 3.8) is 0 Å². The Bertz CT molecular complexity index is 345. The van der Waals surface area contributed by atoms with Gasteiger partial charge in [0.25, 0.3) is 0 Å². The van der Waals surface area contributed by atoms with E-state index < -0.39 is 5.97 Å². The topological polar surface area (TPSA) is 46.5 Å². The number of carbonyl (C=O) groups excluding carboxylic acids is 1. The van der Waals surface area contributed by atoms with Gasteiger partial charge in [0.2, 0.25) is 0 Å². The average Bonchev–Trinajstić information content (AvgIpc) is 2.07. The molecule has 3 heteroatoms. The molecule has 0 spiro atoms. The maximum absolute atomic E-state index is 11.0. The van der Waals surface area contributed by atoms with Crippen molar-refractivity contribution in [1.82, 2.24) is 0 Å². The second-order valence-electron chi connectivity index (χ2n) is 3.02. The maximum atomic E-state index is 11.0. The van der Waals surface area contributed by atoms with Gasteiger partial charge in [-0.3, -0.25) is 0 Å². The fourth-order valence-corrected chi connectivity index (χ4v) is 0.922. The largest absolute Gasteiger partial charge is 0.512 e. The number of ether oxygens (including phenoxy) is 1. The highest BCUT2D eigenvalue weighted by Crippen LogP contribution is 2.11. The quantitative estimate of drug-likeness (QED) is 0.338. The van der Waals surface area contributed by atoms with Crippen LogP contribution in [0.4, 0.5) is 0 Å². The Balaban J connectivity index is 2.66. The number of aliphatic hydroxyl groups is 1. The summed E-state index contributed by atoms with van der Waals surface area (Å²) in [5.74, 6) is -0.172. The number of allylic oxidation sites excluding steroid dienone is 1. The van der Waals surface area contributed by atoms with Gasteiger partial charge in [-0.2, -0.15) is 0 Å². The first kappa shape index (κ1) is 10.3. The van der Waals surface area contributed by atoms with Crippen LogP contribution in [0.3, 0.4) is 0 Å². The van der Waals surface area contributed by atoms with E-state index in [1.807, 2.05) is 19.1 Å². The van der Waals surface area contributed by atoms with Crippen molar-refractivity contribution in [3.05, 3.63) is 41.7 Å². The van der Waals surface area contributed by atoms with E-state index in [9.17, 15) is 4.79 Å². The number of aryl methyl sites for hydroxylation is 1. The minimum atomic E-state index is -0.575. The van der Waals surface area contributed by atoms with E-state index in [4.69, 9.17) is 9.84 Å². The van der Waals surface area contributed by atoms with E-state index in [0.717, 1.165) is 11.6 Å². The average molecular weight is 192 g/mol. The molecule has 1 N–H and O–H groups in total. The Labute approximate surface area is 82.6 Å². The van der Waals surface area contributed by atoms with E-state index in [1.54, 1.807) is 12.1 Å². The van der Waals surface area contributed by atoms with Crippen molar-refractivity contribution in [2.45, 2.75) is 13.8 Å². The number of rotatable bonds is 2. The predicted octanol–water partition coefficient (Wildman–Crippen LogP) is 2.36. The van der Waals surface area contributed by atoms with Crippen molar-refractivity contribution in [2.24, 2.45) is 0 Å². The van der Waals surface area contributed by atoms with Crippen molar-refractivity contribution in [2.75, 3.05) is 0 Å². The third-order valence-electron chi connectivity index (χ3n) is 1.57. The molecule has 0 aliphatic heterocycles. The van der Waals surface area contributed by atoms with Crippen molar-refractivity contribution < 1.29 is 14.6 Å². The number of carbonyl (C=O) groups is 1. The summed E-state index contributed by atoms with van der Waals surface area (Å²) in [5.41, 5.74) is 1.10. The first-order valence-corrected chi connectivity index (χ1v) is 4.23. The Morgan fingerprint density at radius 3 is 2.43 bits per heavy atom. The summed E-state index contributed by atoms with van der Waals surface area (Å²) in [6.07, 6.45) is 1.03. The van der Waals surface area contributed by atoms with Crippen LogP contribution < -0.4 is 4.74 Å². The fraction of sp³-hybridized carbons (Fsp3) is 0.182. The van der Waals surface area contributed by atoms with Gasteiger partial charge in [-0.15, -0.1) is 0 Å². The zero-order valence-electron chi connectivity index (χ0n) is 8.15. The van der Waals surface area contributed by atoms with Crippen molar-refractivity contribution >= 4 is 5.97 Å². The smallest absolute Gasteiger partial charge is 0.339 e. The third-order valence-corrected chi connectivity index (χ3v) is 1.57. The van der Waals surface area contributed by atoms with Crippen LogP contribution >= 0.6 is 0 Å². The van der Waals surface area contributed by atoms with Crippen molar-refractivity contribution in [1.29, 1.82) is 0 Å². The molecule has 0 amide bonds. The van der Waals surface area contributed by atoms with Crippen molar-refractivity contribution in [3.8, 4) is 5.75 Å². The molecule has 14 heavy (non-hydrogen) atoms. The van der Waals surface area contributed by atoms with Gasteiger partial charge in [-0.25, -0.2) is 4.79 Å². The molecular weight excluding hydrogens is 180 g/mol. The highest BCUT2D eigenvalue weighted by atomic mass is 16.5. The molecule has 1 rings (SSSR count). The summed E-state index contributed by atoms with van der Waals surface area (Å²) >= 11 is 0. The summed E-state index contributed by atoms with van der Waals surface area (Å²) in [6, 6.07) is 7.10. The second kappa shape index (κ2) is 4.46. The fourth-order valence-electron chi connectivity index (χ4n) is 0.922. The molecule has 0 atom stereocenters. The molecule has 3 nitrogen and oxygen atoms in total. The molecule has 0 radical (unpaired) electrons. The zero-order chi connectivity index (χ0) is 10.6. The van der Waals surface area contributed by atoms with Gasteiger partial charge < -0.3 is 9.84 Å². The van der Waals surface area contributed by atoms with E-state index >= 15 is 0 Å². The first-order valence-electron chi connectivity index (χ1n) is 4.23. The lowest BCUT2D eigenvalue weighted by Crippen LogP contribution is -2.04. The number of benzene rings is 1. The monoisotopic (exact) mass is 192 g/mol. The Hall–Kier alpha value is -1.77. The summed E-state index contributed by atoms with van der Waals surface area (Å²) < 4.78 is 4.90. The van der Waals surface area contributed by atoms with E-state index in [0.29, 0.717) is 5.75 Å². The van der Waals surface area contributed by atoms with Gasteiger partial charge in [-0.1, -0.05) is 17.7 Å². The molecule has 0 aliphatic rings. The van der Waals surface area contributed by atoms with Gasteiger partial charge in [-0.05, 0) is 26.0 Å². The number of hydrogen-bond donors (Lipinski definition) is 1. The molecule has 0 aromatic heterocycles.